The first-order valence-corrected chi connectivity index (χ1v) is 4.68. The average Bonchev–Trinajstić information content (AvgIpc) is 2.34. The summed E-state index contributed by atoms with van der Waals surface area (Å²) in [6.45, 7) is -0.00815. The topological polar surface area (TPSA) is 35.5 Å². The van der Waals surface area contributed by atoms with Crippen LogP contribution in [0, 0.1) is 12.3 Å². The van der Waals surface area contributed by atoms with Crippen molar-refractivity contribution in [3.63, 3.8) is 0 Å². The van der Waals surface area contributed by atoms with Crippen molar-refractivity contribution < 1.29 is 14.3 Å². The van der Waals surface area contributed by atoms with Crippen LogP contribution < -0.4 is 4.74 Å². The van der Waals surface area contributed by atoms with E-state index in [1.807, 2.05) is 24.3 Å². The Balaban J connectivity index is 2.56. The van der Waals surface area contributed by atoms with E-state index in [0.29, 0.717) is 0 Å². The van der Waals surface area contributed by atoms with Crippen LogP contribution in [0.15, 0.2) is 30.3 Å². The second-order valence-corrected chi connectivity index (χ2v) is 2.92. The van der Waals surface area contributed by atoms with Crippen LogP contribution in [0.2, 0.25) is 0 Å². The minimum absolute atomic E-state index is 0.00815. The highest BCUT2D eigenvalue weighted by Crippen LogP contribution is 2.12. The monoisotopic (exact) mass is 216 g/mol. The Morgan fingerprint density at radius 2 is 2.12 bits per heavy atom. The zero-order valence-electron chi connectivity index (χ0n) is 8.97. The van der Waals surface area contributed by atoms with Crippen LogP contribution in [0.5, 0.6) is 5.75 Å². The van der Waals surface area contributed by atoms with Gasteiger partial charge in [-0.15, -0.1) is 6.42 Å². The SMILES string of the molecule is C#CCOC(=O)/C=C/c1ccc(OC)cc1. The molecule has 1 rings (SSSR count). The minimum atomic E-state index is -0.450. The van der Waals surface area contributed by atoms with Gasteiger partial charge in [-0.3, -0.25) is 0 Å². The second kappa shape index (κ2) is 6.31. The molecule has 0 saturated carbocycles. The Morgan fingerprint density at radius 1 is 1.44 bits per heavy atom. The summed E-state index contributed by atoms with van der Waals surface area (Å²) in [6.07, 6.45) is 7.93. The summed E-state index contributed by atoms with van der Waals surface area (Å²) in [7, 11) is 1.60. The minimum Gasteiger partial charge on any atom is -0.497 e. The van der Waals surface area contributed by atoms with E-state index >= 15 is 0 Å². The standard InChI is InChI=1S/C13H12O3/c1-3-10-16-13(14)9-6-11-4-7-12(15-2)8-5-11/h1,4-9H,10H2,2H3/b9-6+. The van der Waals surface area contributed by atoms with Crippen molar-refractivity contribution in [1.82, 2.24) is 0 Å². The number of ether oxygens (including phenoxy) is 2. The summed E-state index contributed by atoms with van der Waals surface area (Å²) in [5.41, 5.74) is 0.887. The maximum Gasteiger partial charge on any atom is 0.331 e. The van der Waals surface area contributed by atoms with E-state index in [1.165, 1.54) is 6.08 Å². The molecule has 0 aromatic heterocycles. The van der Waals surface area contributed by atoms with Gasteiger partial charge in [0.15, 0.2) is 6.61 Å². The highest BCUT2D eigenvalue weighted by Gasteiger charge is 1.95. The molecule has 1 aromatic rings. The number of terminal acetylenes is 1. The molecule has 0 amide bonds. The van der Waals surface area contributed by atoms with Gasteiger partial charge in [-0.05, 0) is 23.8 Å². The van der Waals surface area contributed by atoms with E-state index < -0.39 is 5.97 Å². The van der Waals surface area contributed by atoms with E-state index in [1.54, 1.807) is 13.2 Å². The largest absolute Gasteiger partial charge is 0.497 e. The molecule has 0 spiro atoms. The van der Waals surface area contributed by atoms with Crippen molar-refractivity contribution in [3.8, 4) is 18.1 Å². The number of hydrogen-bond donors (Lipinski definition) is 0. The number of carbonyl (C=O) groups is 1. The third kappa shape index (κ3) is 3.89. The predicted molar refractivity (Wildman–Crippen MR) is 61.8 cm³/mol. The summed E-state index contributed by atoms with van der Waals surface area (Å²) in [5, 5.41) is 0. The second-order valence-electron chi connectivity index (χ2n) is 2.92. The summed E-state index contributed by atoms with van der Waals surface area (Å²) in [4.78, 5) is 11.1. The third-order valence-electron chi connectivity index (χ3n) is 1.83. The molecule has 0 aliphatic carbocycles. The Morgan fingerprint density at radius 3 is 2.69 bits per heavy atom. The van der Waals surface area contributed by atoms with Crippen molar-refractivity contribution in [3.05, 3.63) is 35.9 Å². The molecule has 0 radical (unpaired) electrons. The highest BCUT2D eigenvalue weighted by molar-refractivity contribution is 5.87. The predicted octanol–water partition coefficient (Wildman–Crippen LogP) is 1.88. The van der Waals surface area contributed by atoms with Crippen molar-refractivity contribution >= 4 is 12.0 Å². The molecule has 0 heterocycles. The van der Waals surface area contributed by atoms with Crippen molar-refractivity contribution in [2.45, 2.75) is 0 Å². The molecular formula is C13H12O3. The van der Waals surface area contributed by atoms with Crippen LogP contribution in [0.3, 0.4) is 0 Å². The van der Waals surface area contributed by atoms with E-state index in [9.17, 15) is 4.79 Å². The van der Waals surface area contributed by atoms with E-state index in [2.05, 4.69) is 10.7 Å². The third-order valence-corrected chi connectivity index (χ3v) is 1.83. The molecule has 16 heavy (non-hydrogen) atoms. The Bertz CT molecular complexity index is 410. The van der Waals surface area contributed by atoms with Crippen LogP contribution in [0.1, 0.15) is 5.56 Å². The fraction of sp³-hybridized carbons (Fsp3) is 0.154. The normalized spacial score (nSPS) is 9.75. The summed E-state index contributed by atoms with van der Waals surface area (Å²) in [6, 6.07) is 7.30. The molecule has 1 aromatic carbocycles. The fourth-order valence-corrected chi connectivity index (χ4v) is 1.04. The molecule has 3 nitrogen and oxygen atoms in total. The van der Waals surface area contributed by atoms with Gasteiger partial charge in [0, 0.05) is 6.08 Å². The van der Waals surface area contributed by atoms with Gasteiger partial charge in [0.25, 0.3) is 0 Å². The molecule has 0 unspecified atom stereocenters. The number of benzene rings is 1. The highest BCUT2D eigenvalue weighted by atomic mass is 16.5. The number of methoxy groups -OCH3 is 1. The van der Waals surface area contributed by atoms with E-state index in [-0.39, 0.29) is 6.61 Å². The van der Waals surface area contributed by atoms with Crippen molar-refractivity contribution in [2.24, 2.45) is 0 Å². The lowest BCUT2D eigenvalue weighted by atomic mass is 10.2. The Labute approximate surface area is 94.7 Å². The molecule has 0 aliphatic heterocycles. The van der Waals surface area contributed by atoms with Crippen LogP contribution in [-0.2, 0) is 9.53 Å². The van der Waals surface area contributed by atoms with Gasteiger partial charge in [-0.25, -0.2) is 4.79 Å². The van der Waals surface area contributed by atoms with Crippen LogP contribution in [0.25, 0.3) is 6.08 Å². The first-order valence-electron chi connectivity index (χ1n) is 4.68. The lowest BCUT2D eigenvalue weighted by Crippen LogP contribution is -1.99. The number of rotatable bonds is 4. The lowest BCUT2D eigenvalue weighted by molar-refractivity contribution is -0.136. The van der Waals surface area contributed by atoms with Gasteiger partial charge < -0.3 is 9.47 Å². The zero-order chi connectivity index (χ0) is 11.8. The first kappa shape index (κ1) is 11.9. The van der Waals surface area contributed by atoms with Gasteiger partial charge in [-0.2, -0.15) is 0 Å². The van der Waals surface area contributed by atoms with Crippen LogP contribution in [-0.4, -0.2) is 19.7 Å². The maximum atomic E-state index is 11.1. The van der Waals surface area contributed by atoms with Crippen molar-refractivity contribution in [2.75, 3.05) is 13.7 Å². The maximum absolute atomic E-state index is 11.1. The van der Waals surface area contributed by atoms with Crippen LogP contribution >= 0.6 is 0 Å². The smallest absolute Gasteiger partial charge is 0.331 e. The number of carbonyl (C=O) groups excluding carboxylic acids is 1. The van der Waals surface area contributed by atoms with E-state index in [0.717, 1.165) is 11.3 Å². The average molecular weight is 216 g/mol. The van der Waals surface area contributed by atoms with Gasteiger partial charge >= 0.3 is 5.97 Å². The summed E-state index contributed by atoms with van der Waals surface area (Å²) in [5.74, 6) is 2.54. The first-order chi connectivity index (χ1) is 7.76. The molecular weight excluding hydrogens is 204 g/mol. The van der Waals surface area contributed by atoms with Gasteiger partial charge in [0.05, 0.1) is 7.11 Å². The van der Waals surface area contributed by atoms with Crippen molar-refractivity contribution in [1.29, 1.82) is 0 Å². The van der Waals surface area contributed by atoms with Crippen LogP contribution in [0.4, 0.5) is 0 Å². The molecule has 0 fully saturated rings. The molecule has 0 aliphatic rings. The fourth-order valence-electron chi connectivity index (χ4n) is 1.04. The quantitative estimate of drug-likeness (QED) is 0.438. The zero-order valence-corrected chi connectivity index (χ0v) is 8.97. The molecule has 0 saturated heterocycles. The summed E-state index contributed by atoms with van der Waals surface area (Å²) >= 11 is 0. The molecule has 82 valence electrons. The van der Waals surface area contributed by atoms with Gasteiger partial charge in [-0.1, -0.05) is 18.1 Å². The van der Waals surface area contributed by atoms with E-state index in [4.69, 9.17) is 11.2 Å². The number of esters is 1. The Hall–Kier alpha value is -2.21. The molecule has 0 atom stereocenters. The lowest BCUT2D eigenvalue weighted by Gasteiger charge is -1.99. The van der Waals surface area contributed by atoms with Gasteiger partial charge in [0.2, 0.25) is 0 Å². The molecule has 0 bridgehead atoms. The number of hydrogen-bond acceptors (Lipinski definition) is 3. The van der Waals surface area contributed by atoms with Gasteiger partial charge in [0.1, 0.15) is 5.75 Å². The molecule has 3 heteroatoms. The Kier molecular flexibility index (Phi) is 4.68. The molecule has 0 N–H and O–H groups in total. The summed E-state index contributed by atoms with van der Waals surface area (Å²) < 4.78 is 9.68.